The molecule has 2 unspecified atom stereocenters. The van der Waals surface area contributed by atoms with Gasteiger partial charge in [-0.1, -0.05) is 72.3 Å². The van der Waals surface area contributed by atoms with Gasteiger partial charge in [-0.2, -0.15) is 0 Å². The number of primary amides is 1. The Kier molecular flexibility index (Phi) is 6.60. The highest BCUT2D eigenvalue weighted by atomic mass is 35.5. The van der Waals surface area contributed by atoms with Crippen LogP contribution in [0.3, 0.4) is 0 Å². The number of urea groups is 1. The molecular weight excluding hydrogens is 440 g/mol. The van der Waals surface area contributed by atoms with Crippen molar-refractivity contribution in [1.29, 1.82) is 0 Å². The largest absolute Gasteiger partial charge is 0.368 e. The van der Waals surface area contributed by atoms with Crippen molar-refractivity contribution in [2.75, 3.05) is 16.8 Å². The smallest absolute Gasteiger partial charge is 0.319 e. The molecule has 8 heteroatoms. The van der Waals surface area contributed by atoms with Gasteiger partial charge in [0.25, 0.3) is 0 Å². The zero-order valence-electron chi connectivity index (χ0n) is 17.7. The number of rotatable bonds is 5. The van der Waals surface area contributed by atoms with Crippen molar-refractivity contribution >= 4 is 40.8 Å². The van der Waals surface area contributed by atoms with Crippen LogP contribution < -0.4 is 21.3 Å². The number of amides is 4. The molecule has 1 aliphatic rings. The summed E-state index contributed by atoms with van der Waals surface area (Å²) in [6.45, 7) is -0.290. The first-order chi connectivity index (χ1) is 15.9. The Hall–Kier alpha value is -3.84. The number of hydrogen-bond acceptors (Lipinski definition) is 3. The molecule has 0 saturated heterocycles. The summed E-state index contributed by atoms with van der Waals surface area (Å²) in [4.78, 5) is 39.5. The average molecular weight is 463 g/mol. The molecule has 3 aromatic carbocycles. The molecular formula is C25H23ClN4O3. The van der Waals surface area contributed by atoms with Crippen molar-refractivity contribution in [1.82, 2.24) is 5.32 Å². The standard InChI is InChI=1S/C25H23ClN4O3/c26-19-11-5-6-12-20(19)28-25(33)29-21-14-18(16-8-2-1-3-9-16)17-10-4-7-13-22(17)30(24(21)32)15-23(27)31/h1-13,18,21H,14-15H2,(H2,27,31)(H2,28,29,33). The summed E-state index contributed by atoms with van der Waals surface area (Å²) in [5.74, 6) is -1.24. The van der Waals surface area contributed by atoms with Crippen molar-refractivity contribution in [3.63, 3.8) is 0 Å². The highest BCUT2D eigenvalue weighted by molar-refractivity contribution is 6.33. The number of carbonyl (C=O) groups is 3. The molecule has 4 rings (SSSR count). The number of halogens is 1. The van der Waals surface area contributed by atoms with Crippen LogP contribution in [0, 0.1) is 0 Å². The van der Waals surface area contributed by atoms with E-state index in [1.807, 2.05) is 42.5 Å². The van der Waals surface area contributed by atoms with Crippen LogP contribution >= 0.6 is 11.6 Å². The number of fused-ring (bicyclic) bond motifs is 1. The van der Waals surface area contributed by atoms with Crippen molar-refractivity contribution < 1.29 is 14.4 Å². The molecule has 1 aliphatic heterocycles. The molecule has 7 nitrogen and oxygen atoms in total. The number of carbonyl (C=O) groups excluding carboxylic acids is 3. The Bertz CT molecular complexity index is 1190. The third kappa shape index (κ3) is 4.99. The van der Waals surface area contributed by atoms with Gasteiger partial charge in [0.2, 0.25) is 11.8 Å². The third-order valence-corrected chi connectivity index (χ3v) is 5.91. The van der Waals surface area contributed by atoms with Crippen LogP contribution in [0.25, 0.3) is 0 Å². The fourth-order valence-corrected chi connectivity index (χ4v) is 4.30. The van der Waals surface area contributed by atoms with Crippen molar-refractivity contribution in [3.8, 4) is 0 Å². The highest BCUT2D eigenvalue weighted by Gasteiger charge is 2.37. The maximum atomic E-state index is 13.5. The number of nitrogens with two attached hydrogens (primary N) is 1. The van der Waals surface area contributed by atoms with E-state index in [-0.39, 0.29) is 12.5 Å². The van der Waals surface area contributed by atoms with Gasteiger partial charge in [0.05, 0.1) is 10.7 Å². The minimum absolute atomic E-state index is 0.185. The molecule has 1 heterocycles. The zero-order valence-corrected chi connectivity index (χ0v) is 18.5. The summed E-state index contributed by atoms with van der Waals surface area (Å²) in [6.07, 6.45) is 0.311. The SMILES string of the molecule is NC(=O)CN1C(=O)C(NC(=O)Nc2ccccc2Cl)CC(c2ccccc2)c2ccccc21. The topological polar surface area (TPSA) is 105 Å². The van der Waals surface area contributed by atoms with E-state index in [9.17, 15) is 14.4 Å². The first kappa shape index (κ1) is 22.4. The summed E-state index contributed by atoms with van der Waals surface area (Å²) < 4.78 is 0. The quantitative estimate of drug-likeness (QED) is 0.535. The second-order valence-corrected chi connectivity index (χ2v) is 8.19. The molecule has 2 atom stereocenters. The third-order valence-electron chi connectivity index (χ3n) is 5.58. The molecule has 0 bridgehead atoms. The Labute approximate surface area is 196 Å². The van der Waals surface area contributed by atoms with E-state index >= 15 is 0 Å². The molecule has 4 N–H and O–H groups in total. The number of nitrogens with zero attached hydrogens (tertiary/aromatic N) is 1. The average Bonchev–Trinajstić information content (AvgIpc) is 2.92. The molecule has 0 saturated carbocycles. The van der Waals surface area contributed by atoms with Crippen LogP contribution in [0.1, 0.15) is 23.5 Å². The Morgan fingerprint density at radius 3 is 2.36 bits per heavy atom. The van der Waals surface area contributed by atoms with Gasteiger partial charge in [0.15, 0.2) is 0 Å². The predicted molar refractivity (Wildman–Crippen MR) is 128 cm³/mol. The van der Waals surface area contributed by atoms with Crippen molar-refractivity contribution in [2.24, 2.45) is 5.73 Å². The first-order valence-electron chi connectivity index (χ1n) is 10.5. The van der Waals surface area contributed by atoms with Crippen molar-refractivity contribution in [2.45, 2.75) is 18.4 Å². The molecule has 0 spiro atoms. The fraction of sp³-hybridized carbons (Fsp3) is 0.160. The highest BCUT2D eigenvalue weighted by Crippen LogP contribution is 2.39. The second kappa shape index (κ2) is 9.75. The molecule has 4 amide bonds. The normalized spacial score (nSPS) is 17.6. The molecule has 33 heavy (non-hydrogen) atoms. The lowest BCUT2D eigenvalue weighted by atomic mass is 9.86. The Balaban J connectivity index is 1.70. The monoisotopic (exact) mass is 462 g/mol. The zero-order chi connectivity index (χ0) is 23.4. The second-order valence-electron chi connectivity index (χ2n) is 7.78. The first-order valence-corrected chi connectivity index (χ1v) is 10.9. The number of para-hydroxylation sites is 2. The van der Waals surface area contributed by atoms with Gasteiger partial charge in [-0.05, 0) is 35.7 Å². The minimum atomic E-state index is -0.899. The van der Waals surface area contributed by atoms with E-state index in [0.717, 1.165) is 11.1 Å². The van der Waals surface area contributed by atoms with Crippen molar-refractivity contribution in [3.05, 3.63) is 95.0 Å². The number of nitrogens with one attached hydrogen (secondary N) is 2. The lowest BCUT2D eigenvalue weighted by molar-refractivity contribution is -0.123. The van der Waals surface area contributed by atoms with Gasteiger partial charge in [0.1, 0.15) is 12.6 Å². The van der Waals surface area contributed by atoms with E-state index in [2.05, 4.69) is 10.6 Å². The van der Waals surface area contributed by atoms with Crippen LogP contribution in [0.4, 0.5) is 16.2 Å². The number of benzene rings is 3. The van der Waals surface area contributed by atoms with Gasteiger partial charge in [-0.15, -0.1) is 0 Å². The van der Waals surface area contributed by atoms with Gasteiger partial charge in [-0.3, -0.25) is 9.59 Å². The predicted octanol–water partition coefficient (Wildman–Crippen LogP) is 3.88. The summed E-state index contributed by atoms with van der Waals surface area (Å²) in [5, 5.41) is 5.84. The molecule has 0 aliphatic carbocycles. The van der Waals surface area contributed by atoms with E-state index in [4.69, 9.17) is 17.3 Å². The maximum absolute atomic E-state index is 13.5. The lowest BCUT2D eigenvalue weighted by Crippen LogP contribution is -2.51. The summed E-state index contributed by atoms with van der Waals surface area (Å²) >= 11 is 6.14. The molecule has 3 aromatic rings. The minimum Gasteiger partial charge on any atom is -0.368 e. The molecule has 0 fully saturated rings. The van der Waals surface area contributed by atoms with Crippen LogP contribution in [0.5, 0.6) is 0 Å². The summed E-state index contributed by atoms with van der Waals surface area (Å²) in [5.41, 5.74) is 8.37. The van der Waals surface area contributed by atoms with E-state index < -0.39 is 23.9 Å². The van der Waals surface area contributed by atoms with E-state index in [1.54, 1.807) is 36.4 Å². The molecule has 0 aromatic heterocycles. The summed E-state index contributed by atoms with van der Waals surface area (Å²) in [6, 6.07) is 22.5. The number of hydrogen-bond donors (Lipinski definition) is 3. The van der Waals surface area contributed by atoms with Crippen LogP contribution in [0.2, 0.25) is 5.02 Å². The maximum Gasteiger partial charge on any atom is 0.319 e. The van der Waals surface area contributed by atoms with Gasteiger partial charge >= 0.3 is 6.03 Å². The van der Waals surface area contributed by atoms with Gasteiger partial charge < -0.3 is 21.3 Å². The lowest BCUT2D eigenvalue weighted by Gasteiger charge is -2.25. The van der Waals surface area contributed by atoms with Crippen LogP contribution in [-0.2, 0) is 9.59 Å². The number of anilines is 2. The van der Waals surface area contributed by atoms with Gasteiger partial charge in [-0.25, -0.2) is 4.79 Å². The summed E-state index contributed by atoms with van der Waals surface area (Å²) in [7, 11) is 0. The molecule has 0 radical (unpaired) electrons. The Morgan fingerprint density at radius 1 is 0.970 bits per heavy atom. The van der Waals surface area contributed by atoms with Crippen LogP contribution in [-0.4, -0.2) is 30.4 Å². The van der Waals surface area contributed by atoms with Crippen LogP contribution in [0.15, 0.2) is 78.9 Å². The molecule has 168 valence electrons. The fourth-order valence-electron chi connectivity index (χ4n) is 4.12. The van der Waals surface area contributed by atoms with Gasteiger partial charge in [0, 0.05) is 11.6 Å². The van der Waals surface area contributed by atoms with E-state index in [0.29, 0.717) is 22.8 Å². The van der Waals surface area contributed by atoms with E-state index in [1.165, 1.54) is 4.90 Å². The Morgan fingerprint density at radius 2 is 1.64 bits per heavy atom.